The number of carbonyl (C=O) groups excluding carboxylic acids is 1. The van der Waals surface area contributed by atoms with Crippen molar-refractivity contribution in [1.29, 1.82) is 0 Å². The Morgan fingerprint density at radius 1 is 1.19 bits per heavy atom. The molecule has 1 heterocycles. The SMILES string of the molecule is O=C1CC[C@@H]2CN(Cc3ccccc3)C[C@H]12. The lowest BCUT2D eigenvalue weighted by atomic mass is 10.0. The summed E-state index contributed by atoms with van der Waals surface area (Å²) < 4.78 is 0. The zero-order valence-corrected chi connectivity index (χ0v) is 9.43. The molecule has 0 unspecified atom stereocenters. The Morgan fingerprint density at radius 3 is 2.75 bits per heavy atom. The Hall–Kier alpha value is -1.15. The predicted molar refractivity (Wildman–Crippen MR) is 62.9 cm³/mol. The number of likely N-dealkylation sites (tertiary alicyclic amines) is 1. The van der Waals surface area contributed by atoms with Crippen LogP contribution < -0.4 is 0 Å². The van der Waals surface area contributed by atoms with Gasteiger partial charge in [0.05, 0.1) is 0 Å². The van der Waals surface area contributed by atoms with Crippen molar-refractivity contribution < 1.29 is 4.79 Å². The summed E-state index contributed by atoms with van der Waals surface area (Å²) in [4.78, 5) is 14.1. The number of hydrogen-bond acceptors (Lipinski definition) is 2. The molecule has 2 fully saturated rings. The number of fused-ring (bicyclic) bond motifs is 1. The van der Waals surface area contributed by atoms with Crippen molar-refractivity contribution in [3.63, 3.8) is 0 Å². The Labute approximate surface area is 96.3 Å². The van der Waals surface area contributed by atoms with E-state index < -0.39 is 0 Å². The Kier molecular flexibility index (Phi) is 2.52. The van der Waals surface area contributed by atoms with Gasteiger partial charge in [0.15, 0.2) is 0 Å². The third-order valence-electron chi connectivity index (χ3n) is 3.94. The fraction of sp³-hybridized carbons (Fsp3) is 0.500. The van der Waals surface area contributed by atoms with Crippen molar-refractivity contribution in [1.82, 2.24) is 4.90 Å². The van der Waals surface area contributed by atoms with E-state index in [1.807, 2.05) is 6.07 Å². The maximum absolute atomic E-state index is 11.6. The first-order chi connectivity index (χ1) is 7.83. The van der Waals surface area contributed by atoms with E-state index in [4.69, 9.17) is 0 Å². The van der Waals surface area contributed by atoms with E-state index in [0.717, 1.165) is 32.5 Å². The number of rotatable bonds is 2. The summed E-state index contributed by atoms with van der Waals surface area (Å²) in [5, 5.41) is 0. The molecule has 84 valence electrons. The molecule has 3 rings (SSSR count). The summed E-state index contributed by atoms with van der Waals surface area (Å²) in [5.74, 6) is 1.50. The van der Waals surface area contributed by atoms with Crippen LogP contribution in [0.5, 0.6) is 0 Å². The second-order valence-corrected chi connectivity index (χ2v) is 5.05. The Bertz CT molecular complexity index is 387. The molecule has 1 saturated heterocycles. The smallest absolute Gasteiger partial charge is 0.137 e. The molecule has 2 atom stereocenters. The van der Waals surface area contributed by atoms with E-state index >= 15 is 0 Å². The zero-order valence-electron chi connectivity index (χ0n) is 9.43. The van der Waals surface area contributed by atoms with Gasteiger partial charge < -0.3 is 0 Å². The van der Waals surface area contributed by atoms with Crippen molar-refractivity contribution in [2.24, 2.45) is 11.8 Å². The molecule has 0 N–H and O–H groups in total. The number of carbonyl (C=O) groups is 1. The molecular weight excluding hydrogens is 198 g/mol. The molecule has 16 heavy (non-hydrogen) atoms. The number of nitrogens with zero attached hydrogens (tertiary/aromatic N) is 1. The molecule has 1 aromatic rings. The van der Waals surface area contributed by atoms with Crippen LogP contribution in [0, 0.1) is 11.8 Å². The van der Waals surface area contributed by atoms with Gasteiger partial charge in [0.2, 0.25) is 0 Å². The van der Waals surface area contributed by atoms with Crippen LogP contribution in [-0.2, 0) is 11.3 Å². The van der Waals surface area contributed by atoms with Gasteiger partial charge in [-0.1, -0.05) is 30.3 Å². The first kappa shape index (κ1) is 10.0. The molecule has 1 aliphatic carbocycles. The molecule has 0 spiro atoms. The molecule has 2 aliphatic rings. The number of hydrogen-bond donors (Lipinski definition) is 0. The van der Waals surface area contributed by atoms with Crippen LogP contribution in [0.3, 0.4) is 0 Å². The summed E-state index contributed by atoms with van der Waals surface area (Å²) in [6, 6.07) is 10.5. The van der Waals surface area contributed by atoms with Crippen LogP contribution >= 0.6 is 0 Å². The average molecular weight is 215 g/mol. The summed E-state index contributed by atoms with van der Waals surface area (Å²) in [6.07, 6.45) is 1.95. The maximum atomic E-state index is 11.6. The van der Waals surface area contributed by atoms with Crippen LogP contribution in [0.1, 0.15) is 18.4 Å². The van der Waals surface area contributed by atoms with Crippen LogP contribution in [0.4, 0.5) is 0 Å². The molecule has 1 saturated carbocycles. The topological polar surface area (TPSA) is 20.3 Å². The molecule has 1 aliphatic heterocycles. The average Bonchev–Trinajstić information content (AvgIpc) is 2.83. The second kappa shape index (κ2) is 4.02. The minimum Gasteiger partial charge on any atom is -0.299 e. The van der Waals surface area contributed by atoms with Crippen LogP contribution in [0.2, 0.25) is 0 Å². The van der Waals surface area contributed by atoms with Gasteiger partial charge in [0.25, 0.3) is 0 Å². The molecule has 1 aromatic carbocycles. The molecule has 2 nitrogen and oxygen atoms in total. The lowest BCUT2D eigenvalue weighted by molar-refractivity contribution is -0.120. The van der Waals surface area contributed by atoms with Gasteiger partial charge in [-0.3, -0.25) is 9.69 Å². The van der Waals surface area contributed by atoms with Gasteiger partial charge in [-0.2, -0.15) is 0 Å². The van der Waals surface area contributed by atoms with Crippen molar-refractivity contribution in [2.45, 2.75) is 19.4 Å². The van der Waals surface area contributed by atoms with Crippen molar-refractivity contribution in [3.05, 3.63) is 35.9 Å². The minimum atomic E-state index is 0.351. The highest BCUT2D eigenvalue weighted by atomic mass is 16.1. The van der Waals surface area contributed by atoms with E-state index in [0.29, 0.717) is 17.6 Å². The lowest BCUT2D eigenvalue weighted by Crippen LogP contribution is -2.22. The summed E-state index contributed by atoms with van der Waals surface area (Å²) >= 11 is 0. The van der Waals surface area contributed by atoms with E-state index in [1.165, 1.54) is 5.56 Å². The molecule has 0 aromatic heterocycles. The third-order valence-corrected chi connectivity index (χ3v) is 3.94. The summed E-state index contributed by atoms with van der Waals surface area (Å²) in [5.41, 5.74) is 1.36. The van der Waals surface area contributed by atoms with Gasteiger partial charge >= 0.3 is 0 Å². The number of Topliss-reactive ketones (excluding diaryl/α,β-unsaturated/α-hetero) is 1. The highest BCUT2D eigenvalue weighted by Crippen LogP contribution is 2.35. The highest BCUT2D eigenvalue weighted by molar-refractivity contribution is 5.84. The van der Waals surface area contributed by atoms with Crippen molar-refractivity contribution >= 4 is 5.78 Å². The van der Waals surface area contributed by atoms with Crippen LogP contribution in [0.15, 0.2) is 30.3 Å². The minimum absolute atomic E-state index is 0.351. The van der Waals surface area contributed by atoms with Crippen molar-refractivity contribution in [3.8, 4) is 0 Å². The quantitative estimate of drug-likeness (QED) is 0.753. The van der Waals surface area contributed by atoms with E-state index in [2.05, 4.69) is 29.2 Å². The number of benzene rings is 1. The Balaban J connectivity index is 1.65. The maximum Gasteiger partial charge on any atom is 0.137 e. The lowest BCUT2D eigenvalue weighted by Gasteiger charge is -2.16. The third kappa shape index (κ3) is 1.78. The summed E-state index contributed by atoms with van der Waals surface area (Å²) in [7, 11) is 0. The Morgan fingerprint density at radius 2 is 2.00 bits per heavy atom. The molecule has 2 heteroatoms. The molecular formula is C14H17NO. The first-order valence-electron chi connectivity index (χ1n) is 6.12. The van der Waals surface area contributed by atoms with Crippen LogP contribution in [-0.4, -0.2) is 23.8 Å². The number of ketones is 1. The normalized spacial score (nSPS) is 29.6. The molecule has 0 amide bonds. The first-order valence-corrected chi connectivity index (χ1v) is 6.12. The molecule has 0 radical (unpaired) electrons. The standard InChI is InChI=1S/C14H17NO/c16-14-7-6-12-9-15(10-13(12)14)8-11-4-2-1-3-5-11/h1-5,12-13H,6-10H2/t12-,13+/m1/s1. The van der Waals surface area contributed by atoms with Crippen molar-refractivity contribution in [2.75, 3.05) is 13.1 Å². The van der Waals surface area contributed by atoms with E-state index in [-0.39, 0.29) is 0 Å². The van der Waals surface area contributed by atoms with Gasteiger partial charge in [0.1, 0.15) is 5.78 Å². The van der Waals surface area contributed by atoms with Gasteiger partial charge in [-0.05, 0) is 17.9 Å². The van der Waals surface area contributed by atoms with Crippen LogP contribution in [0.25, 0.3) is 0 Å². The fourth-order valence-corrected chi connectivity index (χ4v) is 3.10. The van der Waals surface area contributed by atoms with E-state index in [9.17, 15) is 4.79 Å². The largest absolute Gasteiger partial charge is 0.299 e. The summed E-state index contributed by atoms with van der Waals surface area (Å²) in [6.45, 7) is 3.10. The molecule has 0 bridgehead atoms. The van der Waals surface area contributed by atoms with E-state index in [1.54, 1.807) is 0 Å². The second-order valence-electron chi connectivity index (χ2n) is 5.05. The zero-order chi connectivity index (χ0) is 11.0. The van der Waals surface area contributed by atoms with Gasteiger partial charge in [-0.25, -0.2) is 0 Å². The monoisotopic (exact) mass is 215 g/mol. The predicted octanol–water partition coefficient (Wildman–Crippen LogP) is 2.10. The van der Waals surface area contributed by atoms with Gasteiger partial charge in [-0.15, -0.1) is 0 Å². The van der Waals surface area contributed by atoms with Gasteiger partial charge in [0, 0.05) is 32.0 Å². The fourth-order valence-electron chi connectivity index (χ4n) is 3.10. The highest BCUT2D eigenvalue weighted by Gasteiger charge is 2.41.